The quantitative estimate of drug-likeness (QED) is 0.148. The van der Waals surface area contributed by atoms with Gasteiger partial charge in [0, 0.05) is 24.5 Å². The average Bonchev–Trinajstić information content (AvgIpc) is 3.21. The van der Waals surface area contributed by atoms with Crippen LogP contribution in [0.5, 0.6) is 0 Å². The van der Waals surface area contributed by atoms with Gasteiger partial charge in [-0.25, -0.2) is 4.99 Å². The van der Waals surface area contributed by atoms with Gasteiger partial charge in [0.05, 0.1) is 11.4 Å². The molecule has 1 heterocycles. The molecule has 0 aliphatic heterocycles. The Morgan fingerprint density at radius 2 is 1.96 bits per heavy atom. The van der Waals surface area contributed by atoms with E-state index in [-0.39, 0.29) is 29.9 Å². The summed E-state index contributed by atoms with van der Waals surface area (Å²) in [6.07, 6.45) is 2.93. The second-order valence-corrected chi connectivity index (χ2v) is 7.82. The molecule has 0 saturated carbocycles. The molecule has 0 bridgehead atoms. The highest BCUT2D eigenvalue weighted by atomic mass is 127. The summed E-state index contributed by atoms with van der Waals surface area (Å²) in [7, 11) is 0. The number of thioether (sulfide) groups is 1. The number of hydrogen-bond acceptors (Lipinski definition) is 4. The summed E-state index contributed by atoms with van der Waals surface area (Å²) in [6, 6.07) is 10.2. The van der Waals surface area contributed by atoms with E-state index < -0.39 is 0 Å². The fourth-order valence-electron chi connectivity index (χ4n) is 2.48. The number of aliphatic imine (C=N–C) groups is 1. The van der Waals surface area contributed by atoms with Gasteiger partial charge in [0.1, 0.15) is 0 Å². The Morgan fingerprint density at radius 1 is 1.18 bits per heavy atom. The summed E-state index contributed by atoms with van der Waals surface area (Å²) in [4.78, 5) is 18.6. The highest BCUT2D eigenvalue weighted by molar-refractivity contribution is 14.0. The van der Waals surface area contributed by atoms with E-state index in [4.69, 9.17) is 4.99 Å². The molecule has 2 rings (SSSR count). The molecule has 0 atom stereocenters. The lowest BCUT2D eigenvalue weighted by Gasteiger charge is -2.12. The molecule has 0 unspecified atom stereocenters. The van der Waals surface area contributed by atoms with Crippen molar-refractivity contribution in [3.63, 3.8) is 0 Å². The maximum atomic E-state index is 11.9. The van der Waals surface area contributed by atoms with E-state index in [0.29, 0.717) is 13.1 Å². The van der Waals surface area contributed by atoms with Gasteiger partial charge in [-0.15, -0.1) is 47.1 Å². The van der Waals surface area contributed by atoms with Crippen LogP contribution < -0.4 is 16.0 Å². The van der Waals surface area contributed by atoms with Crippen molar-refractivity contribution in [3.8, 4) is 0 Å². The standard InChI is InChI=1S/C20H28N4OS2.HI/c1-4-21-20(24-14-16-9-8-15(2)13-18(16)26-3)23-11-6-10-22-19(25)17-7-5-12-27-17;/h5,7-9,12-13H,4,6,10-11,14H2,1-3H3,(H,22,25)(H2,21,23,24);1H. The molecule has 0 radical (unpaired) electrons. The predicted molar refractivity (Wildman–Crippen MR) is 132 cm³/mol. The number of nitrogens with one attached hydrogen (secondary N) is 3. The minimum atomic E-state index is -0.00506. The first-order valence-corrected chi connectivity index (χ1v) is 11.2. The number of guanidine groups is 1. The van der Waals surface area contributed by atoms with Gasteiger partial charge >= 0.3 is 0 Å². The molecule has 2 aromatic rings. The van der Waals surface area contributed by atoms with Crippen molar-refractivity contribution in [2.24, 2.45) is 4.99 Å². The van der Waals surface area contributed by atoms with E-state index in [1.165, 1.54) is 27.4 Å². The fraction of sp³-hybridized carbons (Fsp3) is 0.400. The first-order valence-electron chi connectivity index (χ1n) is 9.11. The second-order valence-electron chi connectivity index (χ2n) is 6.02. The van der Waals surface area contributed by atoms with Crippen molar-refractivity contribution in [2.75, 3.05) is 25.9 Å². The van der Waals surface area contributed by atoms with E-state index in [1.807, 2.05) is 17.5 Å². The van der Waals surface area contributed by atoms with Gasteiger partial charge in [0.2, 0.25) is 0 Å². The summed E-state index contributed by atoms with van der Waals surface area (Å²) in [5, 5.41) is 11.4. The van der Waals surface area contributed by atoms with Crippen molar-refractivity contribution in [2.45, 2.75) is 31.7 Å². The lowest BCUT2D eigenvalue weighted by molar-refractivity contribution is 0.0957. The summed E-state index contributed by atoms with van der Waals surface area (Å²) >= 11 is 3.21. The molecule has 5 nitrogen and oxygen atoms in total. The summed E-state index contributed by atoms with van der Waals surface area (Å²) in [5.74, 6) is 0.796. The van der Waals surface area contributed by atoms with E-state index >= 15 is 0 Å². The van der Waals surface area contributed by atoms with Crippen LogP contribution in [0.1, 0.15) is 34.1 Å². The van der Waals surface area contributed by atoms with Crippen LogP contribution in [0.3, 0.4) is 0 Å². The molecular weight excluding hydrogens is 503 g/mol. The predicted octanol–water partition coefficient (Wildman–Crippen LogP) is 4.27. The summed E-state index contributed by atoms with van der Waals surface area (Å²) in [5.41, 5.74) is 2.50. The highest BCUT2D eigenvalue weighted by Gasteiger charge is 2.05. The van der Waals surface area contributed by atoms with Crippen molar-refractivity contribution in [1.29, 1.82) is 0 Å². The zero-order chi connectivity index (χ0) is 19.5. The Kier molecular flexibility index (Phi) is 12.2. The van der Waals surface area contributed by atoms with Gasteiger partial charge in [-0.3, -0.25) is 4.79 Å². The molecular formula is C20H29IN4OS2. The van der Waals surface area contributed by atoms with E-state index in [9.17, 15) is 4.79 Å². The van der Waals surface area contributed by atoms with Crippen LogP contribution in [-0.2, 0) is 6.54 Å². The first-order chi connectivity index (χ1) is 13.1. The van der Waals surface area contributed by atoms with E-state index in [0.717, 1.165) is 30.3 Å². The van der Waals surface area contributed by atoms with Crippen molar-refractivity contribution < 1.29 is 4.79 Å². The highest BCUT2D eigenvalue weighted by Crippen LogP contribution is 2.22. The molecule has 0 fully saturated rings. The van der Waals surface area contributed by atoms with Crippen molar-refractivity contribution in [1.82, 2.24) is 16.0 Å². The zero-order valence-electron chi connectivity index (χ0n) is 16.6. The van der Waals surface area contributed by atoms with Crippen LogP contribution in [0.25, 0.3) is 0 Å². The van der Waals surface area contributed by atoms with Gasteiger partial charge in [0.15, 0.2) is 5.96 Å². The van der Waals surface area contributed by atoms with Gasteiger partial charge in [-0.05, 0) is 55.2 Å². The van der Waals surface area contributed by atoms with Crippen molar-refractivity contribution >= 4 is 58.9 Å². The summed E-state index contributed by atoms with van der Waals surface area (Å²) < 4.78 is 0. The van der Waals surface area contributed by atoms with Crippen LogP contribution in [0, 0.1) is 6.92 Å². The van der Waals surface area contributed by atoms with E-state index in [1.54, 1.807) is 11.8 Å². The average molecular weight is 533 g/mol. The largest absolute Gasteiger partial charge is 0.357 e. The molecule has 0 aliphatic rings. The van der Waals surface area contributed by atoms with Crippen LogP contribution in [0.4, 0.5) is 0 Å². The molecule has 1 aromatic carbocycles. The number of benzene rings is 1. The normalized spacial score (nSPS) is 10.9. The summed E-state index contributed by atoms with van der Waals surface area (Å²) in [6.45, 7) is 7.00. The Bertz CT molecular complexity index is 751. The number of hydrogen-bond donors (Lipinski definition) is 3. The molecule has 3 N–H and O–H groups in total. The number of nitrogens with zero attached hydrogens (tertiary/aromatic N) is 1. The smallest absolute Gasteiger partial charge is 0.261 e. The molecule has 0 saturated heterocycles. The molecule has 8 heteroatoms. The number of aryl methyl sites for hydroxylation is 1. The maximum absolute atomic E-state index is 11.9. The number of halogens is 1. The molecule has 1 amide bonds. The number of amides is 1. The minimum Gasteiger partial charge on any atom is -0.357 e. The maximum Gasteiger partial charge on any atom is 0.261 e. The SMILES string of the molecule is CCNC(=NCc1ccc(C)cc1SC)NCCCNC(=O)c1cccs1.I. The second kappa shape index (κ2) is 13.8. The van der Waals surface area contributed by atoms with E-state index in [2.05, 4.69) is 54.3 Å². The third-order valence-electron chi connectivity index (χ3n) is 3.87. The zero-order valence-corrected chi connectivity index (χ0v) is 20.5. The molecule has 0 aliphatic carbocycles. The molecule has 154 valence electrons. The molecule has 1 aromatic heterocycles. The topological polar surface area (TPSA) is 65.5 Å². The van der Waals surface area contributed by atoms with Gasteiger partial charge in [-0.2, -0.15) is 0 Å². The number of rotatable bonds is 9. The Labute approximate surface area is 193 Å². The Morgan fingerprint density at radius 3 is 2.64 bits per heavy atom. The third kappa shape index (κ3) is 8.40. The fourth-order valence-corrected chi connectivity index (χ4v) is 3.82. The third-order valence-corrected chi connectivity index (χ3v) is 5.56. The van der Waals surface area contributed by atoms with Crippen LogP contribution in [-0.4, -0.2) is 37.8 Å². The van der Waals surface area contributed by atoms with Crippen LogP contribution in [0.2, 0.25) is 0 Å². The minimum absolute atomic E-state index is 0. The monoisotopic (exact) mass is 532 g/mol. The van der Waals surface area contributed by atoms with Crippen molar-refractivity contribution in [3.05, 3.63) is 51.7 Å². The lowest BCUT2D eigenvalue weighted by atomic mass is 10.1. The van der Waals surface area contributed by atoms with Gasteiger partial charge in [0.25, 0.3) is 5.91 Å². The first kappa shape index (κ1) is 24.8. The number of carbonyl (C=O) groups is 1. The number of thiophene rings is 1. The number of carbonyl (C=O) groups excluding carboxylic acids is 1. The van der Waals surface area contributed by atoms with Crippen LogP contribution in [0.15, 0.2) is 45.6 Å². The van der Waals surface area contributed by atoms with Crippen LogP contribution >= 0.6 is 47.1 Å². The van der Waals surface area contributed by atoms with Gasteiger partial charge in [-0.1, -0.05) is 18.2 Å². The molecule has 28 heavy (non-hydrogen) atoms. The Hall–Kier alpha value is -1.26. The molecule has 0 spiro atoms. The van der Waals surface area contributed by atoms with Gasteiger partial charge < -0.3 is 16.0 Å². The Balaban J connectivity index is 0.00000392. The lowest BCUT2D eigenvalue weighted by Crippen LogP contribution is -2.38.